The van der Waals surface area contributed by atoms with Crippen LogP contribution in [-0.2, 0) is 172 Å². The van der Waals surface area contributed by atoms with Gasteiger partial charge in [-0.3, -0.25) is 78.3 Å². The molecule has 44 nitrogen and oxygen atoms in total. The van der Waals surface area contributed by atoms with E-state index in [0.29, 0.717) is 90.3 Å². The largest absolute Gasteiger partial charge is 0.474 e. The maximum Gasteiger partial charge on any atom is 0.474 e. The summed E-state index contributed by atoms with van der Waals surface area (Å²) in [6.07, 6.45) is 3.66. The summed E-state index contributed by atoms with van der Waals surface area (Å²) in [4.78, 5) is 112. The first-order chi connectivity index (χ1) is 62.9. The van der Waals surface area contributed by atoms with Crippen molar-refractivity contribution < 1.29 is 196 Å². The second kappa shape index (κ2) is 68.5. The number of nitriles is 1. The van der Waals surface area contributed by atoms with Crippen LogP contribution in [0.2, 0.25) is 0 Å². The third kappa shape index (κ3) is 56.7. The Labute approximate surface area is 785 Å². The fraction of sp³-hybridized carbons (Fsp3) is 0.928. The Hall–Kier alpha value is -2.70. The number of carbonyl (C=O) groups excluding carboxylic acids is 5. The van der Waals surface area contributed by atoms with Crippen molar-refractivity contribution in [3.63, 3.8) is 0 Å². The lowest BCUT2D eigenvalue weighted by atomic mass is 9.75. The molecule has 0 aromatic heterocycles. The van der Waals surface area contributed by atoms with Gasteiger partial charge in [-0.1, -0.05) is 87.0 Å². The van der Waals surface area contributed by atoms with E-state index in [0.717, 1.165) is 6.66 Å². The van der Waals surface area contributed by atoms with Crippen LogP contribution in [0, 0.1) is 70.0 Å². The Bertz CT molecular complexity index is 3570. The highest BCUT2D eigenvalue weighted by Crippen LogP contribution is 2.51. The quantitative estimate of drug-likeness (QED) is 0.0142. The molecular formula is C83H156N2O42P6. The summed E-state index contributed by atoms with van der Waals surface area (Å²) in [7, 11) is -26.6. The number of esters is 3. The molecule has 6 N–H and O–H groups in total. The van der Waals surface area contributed by atoms with Gasteiger partial charge in [0.05, 0.1) is 155 Å². The molecule has 3 aliphatic rings. The minimum atomic E-state index is -5.01. The van der Waals surface area contributed by atoms with Crippen molar-refractivity contribution in [2.45, 2.75) is 249 Å². The van der Waals surface area contributed by atoms with E-state index in [4.69, 9.17) is 126 Å². The molecule has 14 unspecified atom stereocenters. The van der Waals surface area contributed by atoms with Crippen molar-refractivity contribution >= 4 is 76.3 Å². The Morgan fingerprint density at radius 1 is 0.368 bits per heavy atom. The van der Waals surface area contributed by atoms with Crippen LogP contribution in [0.1, 0.15) is 206 Å². The zero-order valence-electron chi connectivity index (χ0n) is 80.2. The molecule has 0 radical (unpaired) electrons. The number of phosphoric acid groups is 5. The Morgan fingerprint density at radius 3 is 1.09 bits per heavy atom. The van der Waals surface area contributed by atoms with Crippen molar-refractivity contribution in [2.75, 3.05) is 192 Å². The van der Waals surface area contributed by atoms with Crippen LogP contribution in [0.15, 0.2) is 0 Å². The number of Topliss-reactive ketones (excluding diaryl/α,β-unsaturated/α-hetero) is 1. The average Bonchev–Trinajstić information content (AvgIpc) is 0.798. The molecule has 0 aromatic carbocycles. The van der Waals surface area contributed by atoms with Gasteiger partial charge >= 0.3 is 64.6 Å². The monoisotopic (exact) mass is 2040 g/mol. The topological polar surface area (TPSA) is 565 Å². The third-order valence-electron chi connectivity index (χ3n) is 22.1. The van der Waals surface area contributed by atoms with E-state index in [1.807, 2.05) is 33.8 Å². The number of rotatable bonds is 81. The minimum Gasteiger partial charge on any atom is -0.463 e. The van der Waals surface area contributed by atoms with E-state index in [2.05, 4.69) is 26.1 Å². The number of phosphoric ester groups is 5. The van der Waals surface area contributed by atoms with Crippen molar-refractivity contribution in [3.05, 3.63) is 0 Å². The summed E-state index contributed by atoms with van der Waals surface area (Å²) in [5, 5.41) is 11.9. The Morgan fingerprint density at radius 2 is 0.714 bits per heavy atom. The van der Waals surface area contributed by atoms with E-state index in [1.54, 1.807) is 6.92 Å². The molecule has 3 rings (SSSR count). The van der Waals surface area contributed by atoms with Gasteiger partial charge in [-0.05, 0) is 114 Å². The van der Waals surface area contributed by atoms with Gasteiger partial charge in [0, 0.05) is 111 Å². The molecule has 1 amide bonds. The molecule has 0 aliphatic carbocycles. The number of nitrogens with one attached hydrogen (secondary N) is 1. The minimum absolute atomic E-state index is 0.000450. The lowest BCUT2D eigenvalue weighted by Gasteiger charge is -2.44. The summed E-state index contributed by atoms with van der Waals surface area (Å²) < 4.78 is 224. The van der Waals surface area contributed by atoms with Crippen LogP contribution in [0.4, 0.5) is 0 Å². The van der Waals surface area contributed by atoms with Crippen molar-refractivity contribution in [1.82, 2.24) is 5.32 Å². The van der Waals surface area contributed by atoms with Gasteiger partial charge < -0.3 is 101 Å². The van der Waals surface area contributed by atoms with Crippen LogP contribution < -0.4 is 5.32 Å². The number of unbranched alkanes of at least 4 members (excludes halogenated alkanes) is 9. The molecule has 0 aromatic rings. The number of amides is 1. The van der Waals surface area contributed by atoms with Gasteiger partial charge in [0.2, 0.25) is 5.91 Å². The van der Waals surface area contributed by atoms with E-state index < -0.39 is 126 Å². The van der Waals surface area contributed by atoms with Crippen molar-refractivity contribution in [2.24, 2.45) is 58.7 Å². The zero-order chi connectivity index (χ0) is 99.0. The third-order valence-corrected chi connectivity index (χ3v) is 28.4. The first kappa shape index (κ1) is 124. The van der Waals surface area contributed by atoms with Gasteiger partial charge in [-0.15, -0.1) is 0 Å². The van der Waals surface area contributed by atoms with Crippen LogP contribution in [0.5, 0.6) is 0 Å². The fourth-order valence-corrected chi connectivity index (χ4v) is 19.3. The van der Waals surface area contributed by atoms with Gasteiger partial charge in [-0.2, -0.15) is 5.26 Å². The first-order valence-electron chi connectivity index (χ1n) is 46.1. The summed E-state index contributed by atoms with van der Waals surface area (Å²) in [6.45, 7) is 19.6. The summed E-state index contributed by atoms with van der Waals surface area (Å²) in [5.41, 5.74) is -1.54. The zero-order valence-corrected chi connectivity index (χ0v) is 85.6. The summed E-state index contributed by atoms with van der Waals surface area (Å²) in [5.74, 6) is -2.72. The van der Waals surface area contributed by atoms with Crippen LogP contribution in [-0.4, -0.2) is 289 Å². The Kier molecular flexibility index (Phi) is 64.1. The van der Waals surface area contributed by atoms with E-state index >= 15 is 0 Å². The highest BCUT2D eigenvalue weighted by molar-refractivity contribution is 7.52. The molecule has 3 heterocycles. The highest BCUT2D eigenvalue weighted by Gasteiger charge is 2.47. The van der Waals surface area contributed by atoms with Gasteiger partial charge in [0.15, 0.2) is 18.9 Å². The highest BCUT2D eigenvalue weighted by atomic mass is 31.2. The lowest BCUT2D eigenvalue weighted by Crippen LogP contribution is -2.58. The molecule has 50 heteroatoms. The van der Waals surface area contributed by atoms with Crippen LogP contribution in [0.25, 0.3) is 0 Å². The van der Waals surface area contributed by atoms with Gasteiger partial charge in [0.25, 0.3) is 0 Å². The standard InChI is InChI=1S/C83H156N2O42P6/c1-15-113-133(101,122-46-28-34-84)123-54-74(52-102-35-29-47-114-128(14,91)92)53-103-36-30-48-121-132(99,100)124-61-83(58-104-37-31-49-118-129(93,94)115-43-25-19-16-22-40-107-80-66(6)62(2)63(3)75(125-80)55-110-71(11)88,59-105-38-32-50-119-130(95,96)116-44-26-20-17-23-41-108-81-68(8)78(69(9)86)67(7)77(126-81)57-112-73(13)90)60-106-39-33-51-120-131(97,98)117-45-27-21-18-24-42-109-82-79(85-70(10)87)65(5)64(4)76(127-82)56-111-72(12)89/h62-68,74-82H,15-33,35-61H2,1-14H3,(H,85,87)(H,91,92)(H,93,94)(H,95,96)(H,97,98)(H,99,100)/t62-,63+,64+,65-,66?,67-,68?,74?,75?,76?,77?,78-,79?,80+,81+,82+,83?,133?/m0/s1. The molecule has 23 atom stereocenters. The number of ketones is 1. The smallest absolute Gasteiger partial charge is 0.463 e. The molecule has 0 saturated carbocycles. The number of ether oxygens (including phenoxy) is 14. The maximum atomic E-state index is 13.9. The van der Waals surface area contributed by atoms with E-state index in [-0.39, 0.29) is 262 Å². The van der Waals surface area contributed by atoms with Gasteiger partial charge in [-0.25, -0.2) is 22.8 Å². The molecule has 3 fully saturated rings. The van der Waals surface area contributed by atoms with E-state index in [9.17, 15) is 75.8 Å². The second-order valence-corrected chi connectivity index (χ2v) is 43.1. The average molecular weight is 2040 g/mol. The number of nitrogens with zero attached hydrogens (tertiary/aromatic N) is 1. The van der Waals surface area contributed by atoms with Crippen molar-refractivity contribution in [1.29, 1.82) is 5.26 Å². The molecule has 3 saturated heterocycles. The Balaban J connectivity index is 1.74. The molecule has 0 bridgehead atoms. The first-order valence-corrected chi connectivity index (χ1v) is 55.6. The summed E-state index contributed by atoms with van der Waals surface area (Å²) >= 11 is 0. The van der Waals surface area contributed by atoms with E-state index in [1.165, 1.54) is 34.6 Å². The molecular weight excluding hydrogens is 1880 g/mol. The lowest BCUT2D eigenvalue weighted by molar-refractivity contribution is -0.255. The number of hydrogen-bond acceptors (Lipinski definition) is 38. The van der Waals surface area contributed by atoms with Crippen LogP contribution >= 0.6 is 46.7 Å². The number of hydrogen-bond donors (Lipinski definition) is 6. The summed E-state index contributed by atoms with van der Waals surface area (Å²) in [6, 6.07) is 1.42. The fourth-order valence-electron chi connectivity index (χ4n) is 14.3. The molecule has 3 aliphatic heterocycles. The molecule has 780 valence electrons. The predicted octanol–water partition coefficient (Wildman–Crippen LogP) is 12.8. The predicted molar refractivity (Wildman–Crippen MR) is 478 cm³/mol. The van der Waals surface area contributed by atoms with Crippen molar-refractivity contribution in [3.8, 4) is 6.07 Å². The SMILES string of the molecule is CCOP(=O)(OCCC#N)OCC(COCCCOP(C)(=O)O)COCCCOP(=O)(O)OCC(COCCCOP(=O)(O)OCCCCCCO[C@@H]1OC(COC(C)=O)[C@H](C)[C@H](C)C1C)(COCCCOP(=O)(O)OCCCCCCO[C@@H]1OC(COC(C)=O)[C@H](C)[C@H](C)C1NC(C)=O)COCCCOP(=O)(O)OCCCCCCO[C@@H]1OC(COC(C)=O)[C@H](C)[C@H](C(C)=O)C1C. The molecule has 0 spiro atoms. The van der Waals surface area contributed by atoms with Gasteiger partial charge in [0.1, 0.15) is 25.6 Å². The maximum absolute atomic E-state index is 13.9. The number of carbonyl (C=O) groups is 5. The molecule has 133 heavy (non-hydrogen) atoms. The second-order valence-electron chi connectivity index (χ2n) is 33.7. The normalized spacial score (nSPS) is 25.7. The van der Waals surface area contributed by atoms with Crippen LogP contribution in [0.3, 0.4) is 0 Å².